The van der Waals surface area contributed by atoms with Gasteiger partial charge in [0.1, 0.15) is 0 Å². The van der Waals surface area contributed by atoms with Gasteiger partial charge in [-0.1, -0.05) is 0 Å². The monoisotopic (exact) mass is 170 g/mol. The van der Waals surface area contributed by atoms with Crippen molar-refractivity contribution in [3.63, 3.8) is 0 Å². The van der Waals surface area contributed by atoms with Gasteiger partial charge >= 0.3 is 57.9 Å². The van der Waals surface area contributed by atoms with Gasteiger partial charge in [0.25, 0.3) is 0 Å². The molecule has 0 aliphatic heterocycles. The van der Waals surface area contributed by atoms with E-state index in [1.165, 1.54) is 24.7 Å². The Morgan fingerprint density at radius 2 is 1.25 bits per heavy atom. The molecule has 0 radical (unpaired) electrons. The third kappa shape index (κ3) is 2.35. The maximum absolute atomic E-state index is 2.38. The Kier molecular flexibility index (Phi) is 4.06. The topological polar surface area (TPSA) is 0 Å². The van der Waals surface area contributed by atoms with E-state index in [4.69, 9.17) is 0 Å². The van der Waals surface area contributed by atoms with Crippen molar-refractivity contribution in [3.05, 3.63) is 0 Å². The number of rotatable bonds is 3. The van der Waals surface area contributed by atoms with Gasteiger partial charge in [-0.3, -0.25) is 0 Å². The Morgan fingerprint density at radius 3 is 1.25 bits per heavy atom. The van der Waals surface area contributed by atoms with Crippen LogP contribution in [-0.2, 0) is 12.4 Å². The first kappa shape index (κ1) is 8.75. The molecule has 0 unspecified atom stereocenters. The molecule has 0 aliphatic carbocycles. The average Bonchev–Trinajstić information content (AvgIpc) is 1.87. The van der Waals surface area contributed by atoms with E-state index in [0.29, 0.717) is 0 Å². The summed E-state index contributed by atoms with van der Waals surface area (Å²) in [5.74, 6) is 0. The van der Waals surface area contributed by atoms with E-state index >= 15 is 0 Å². The van der Waals surface area contributed by atoms with Crippen molar-refractivity contribution in [3.8, 4) is 0 Å². The molecule has 0 nitrogen and oxygen atoms in total. The van der Waals surface area contributed by atoms with Crippen LogP contribution in [0.15, 0.2) is 0 Å². The summed E-state index contributed by atoms with van der Waals surface area (Å²) >= 11 is -0.694. The fourth-order valence-corrected chi connectivity index (χ4v) is 2.52. The summed E-state index contributed by atoms with van der Waals surface area (Å²) in [4.78, 5) is 0. The Labute approximate surface area is 58.2 Å². The molecule has 0 aromatic heterocycles. The summed E-state index contributed by atoms with van der Waals surface area (Å²) in [6, 6.07) is 0. The average molecular weight is 170 g/mol. The summed E-state index contributed by atoms with van der Waals surface area (Å²) in [5, 5.41) is 4.61. The van der Waals surface area contributed by atoms with Crippen molar-refractivity contribution in [2.24, 2.45) is 0 Å². The molecule has 0 rings (SSSR count). The summed E-state index contributed by atoms with van der Waals surface area (Å²) in [5.41, 5.74) is 0. The summed E-state index contributed by atoms with van der Waals surface area (Å²) in [6.45, 7) is 7.12. The summed E-state index contributed by atoms with van der Waals surface area (Å²) in [7, 11) is 1.53. The normalized spacial score (nSPS) is 14.4. The first-order valence-corrected chi connectivity index (χ1v) is 10.7. The minimum atomic E-state index is -0.694. The molecule has 0 atom stereocenters. The molecule has 0 aromatic carbocycles. The standard InChI is InChI=1S/3C2H5.Cr.H3Si/c3*1-2;;/h3*1H2,2H3;;1H3. The SMILES string of the molecule is C[CH2][Cr]([SiH3])([CH2]C)[CH2]C. The van der Waals surface area contributed by atoms with Gasteiger partial charge in [-0.25, -0.2) is 0 Å². The zero-order chi connectivity index (χ0) is 6.62. The van der Waals surface area contributed by atoms with Crippen LogP contribution in [0.4, 0.5) is 0 Å². The molecule has 8 heavy (non-hydrogen) atoms. The molecule has 0 aromatic rings. The van der Waals surface area contributed by atoms with E-state index in [0.717, 1.165) is 0 Å². The number of hydrogen-bond donors (Lipinski definition) is 0. The fourth-order valence-electron chi connectivity index (χ4n) is 0.612. The number of hydrogen-bond acceptors (Lipinski definition) is 0. The van der Waals surface area contributed by atoms with Crippen LogP contribution in [0.2, 0.25) is 15.8 Å². The van der Waals surface area contributed by atoms with Crippen LogP contribution < -0.4 is 0 Å². The third-order valence-corrected chi connectivity index (χ3v) is 15.8. The van der Waals surface area contributed by atoms with Gasteiger partial charge in [0.15, 0.2) is 0 Å². The molecular formula is C6H18CrSi. The predicted octanol–water partition coefficient (Wildman–Crippen LogP) is 1.74. The maximum atomic E-state index is 2.38. The van der Waals surface area contributed by atoms with Gasteiger partial charge in [0, 0.05) is 0 Å². The van der Waals surface area contributed by atoms with Gasteiger partial charge in [-0.2, -0.15) is 0 Å². The van der Waals surface area contributed by atoms with E-state index in [-0.39, 0.29) is 0 Å². The van der Waals surface area contributed by atoms with Gasteiger partial charge in [0.05, 0.1) is 0 Å². The molecule has 0 amide bonds. The van der Waals surface area contributed by atoms with Crippen LogP contribution in [0.1, 0.15) is 20.8 Å². The van der Waals surface area contributed by atoms with Gasteiger partial charge in [-0.05, 0) is 0 Å². The second-order valence-corrected chi connectivity index (χ2v) is 16.8. The van der Waals surface area contributed by atoms with Crippen LogP contribution >= 0.6 is 0 Å². The van der Waals surface area contributed by atoms with Crippen LogP contribution in [-0.4, -0.2) is 8.80 Å². The first-order chi connectivity index (χ1) is 3.68. The van der Waals surface area contributed by atoms with Gasteiger partial charge < -0.3 is 0 Å². The molecule has 0 saturated carbocycles. The van der Waals surface area contributed by atoms with Crippen LogP contribution in [0.25, 0.3) is 0 Å². The van der Waals surface area contributed by atoms with E-state index in [1.807, 2.05) is 0 Å². The zero-order valence-electron chi connectivity index (χ0n) is 6.53. The zero-order valence-corrected chi connectivity index (χ0v) is 9.80. The second kappa shape index (κ2) is 3.71. The van der Waals surface area contributed by atoms with Crippen molar-refractivity contribution in [2.45, 2.75) is 36.6 Å². The van der Waals surface area contributed by atoms with Crippen LogP contribution in [0.3, 0.4) is 0 Å². The van der Waals surface area contributed by atoms with E-state index < -0.39 is 12.4 Å². The summed E-state index contributed by atoms with van der Waals surface area (Å²) in [6.07, 6.45) is 0. The molecule has 0 N–H and O–H groups in total. The fraction of sp³-hybridized carbons (Fsp3) is 1.00. The van der Waals surface area contributed by atoms with Crippen molar-refractivity contribution in [1.82, 2.24) is 0 Å². The van der Waals surface area contributed by atoms with Crippen molar-refractivity contribution in [1.29, 1.82) is 0 Å². The van der Waals surface area contributed by atoms with Gasteiger partial charge in [0.2, 0.25) is 0 Å². The van der Waals surface area contributed by atoms with Gasteiger partial charge in [-0.15, -0.1) is 0 Å². The second-order valence-electron chi connectivity index (χ2n) is 2.34. The Morgan fingerprint density at radius 1 is 1.00 bits per heavy atom. The molecule has 0 fully saturated rings. The van der Waals surface area contributed by atoms with Crippen LogP contribution in [0, 0.1) is 0 Å². The molecular weight excluding hydrogens is 152 g/mol. The van der Waals surface area contributed by atoms with Crippen molar-refractivity contribution < 1.29 is 12.4 Å². The van der Waals surface area contributed by atoms with E-state index in [9.17, 15) is 0 Å². The summed E-state index contributed by atoms with van der Waals surface area (Å²) < 4.78 is 0. The van der Waals surface area contributed by atoms with Crippen LogP contribution in [0.5, 0.6) is 0 Å². The molecule has 0 bridgehead atoms. The Balaban J connectivity index is 3.58. The molecule has 0 aliphatic rings. The first-order valence-electron chi connectivity index (χ1n) is 3.40. The quantitative estimate of drug-likeness (QED) is 0.566. The van der Waals surface area contributed by atoms with Crippen molar-refractivity contribution in [2.75, 3.05) is 0 Å². The Hall–Kier alpha value is 0.749. The molecule has 0 heterocycles. The van der Waals surface area contributed by atoms with E-state index in [1.54, 1.807) is 0 Å². The third-order valence-electron chi connectivity index (χ3n) is 2.09. The molecule has 2 heteroatoms. The predicted molar refractivity (Wildman–Crippen MR) is 41.4 cm³/mol. The molecule has 52 valence electrons. The minimum absolute atomic E-state index is 0.694. The molecule has 0 spiro atoms. The Bertz CT molecular complexity index is 51.3. The van der Waals surface area contributed by atoms with Crippen molar-refractivity contribution >= 4 is 8.80 Å². The van der Waals surface area contributed by atoms with E-state index in [2.05, 4.69) is 20.8 Å². The molecule has 0 saturated heterocycles.